The van der Waals surface area contributed by atoms with E-state index < -0.39 is 0 Å². The van der Waals surface area contributed by atoms with Crippen molar-refractivity contribution in [2.45, 2.75) is 26.2 Å². The van der Waals surface area contributed by atoms with Crippen molar-refractivity contribution in [2.24, 2.45) is 0 Å². The molecular formula is C50H38. The van der Waals surface area contributed by atoms with Gasteiger partial charge in [-0.15, -0.1) is 0 Å². The van der Waals surface area contributed by atoms with Crippen LogP contribution in [0, 0.1) is 0 Å². The van der Waals surface area contributed by atoms with Crippen LogP contribution in [-0.2, 0) is 5.41 Å². The van der Waals surface area contributed by atoms with E-state index in [2.05, 4.69) is 197 Å². The number of hydrogen-bond donors (Lipinski definition) is 0. The Morgan fingerprint density at radius 1 is 0.300 bits per heavy atom. The van der Waals surface area contributed by atoms with Gasteiger partial charge < -0.3 is 0 Å². The summed E-state index contributed by atoms with van der Waals surface area (Å²) in [5.41, 5.74) is 11.4. The first-order valence-electron chi connectivity index (χ1n) is 17.6. The molecule has 0 bridgehead atoms. The van der Waals surface area contributed by atoms with Crippen LogP contribution in [0.2, 0.25) is 0 Å². The molecule has 9 aromatic rings. The minimum Gasteiger partial charge on any atom is -0.0622 e. The maximum Gasteiger partial charge on any atom is -0.00197 e. The Balaban J connectivity index is 1.41. The predicted octanol–water partition coefficient (Wildman–Crippen LogP) is 14.3. The lowest BCUT2D eigenvalue weighted by molar-refractivity contribution is 0.590. The lowest BCUT2D eigenvalue weighted by atomic mass is 9.81. The monoisotopic (exact) mass is 638 g/mol. The first-order chi connectivity index (χ1) is 24.4. The van der Waals surface area contributed by atoms with E-state index in [4.69, 9.17) is 0 Å². The second kappa shape index (κ2) is 11.9. The summed E-state index contributed by atoms with van der Waals surface area (Å²) in [6, 6.07) is 65.3. The summed E-state index contributed by atoms with van der Waals surface area (Å²) in [4.78, 5) is 0. The van der Waals surface area contributed by atoms with Gasteiger partial charge in [0.15, 0.2) is 0 Å². The van der Waals surface area contributed by atoms with Gasteiger partial charge in [-0.2, -0.15) is 0 Å². The Kier molecular flexibility index (Phi) is 7.14. The molecule has 0 aliphatic heterocycles. The molecule has 9 rings (SSSR count). The van der Waals surface area contributed by atoms with Gasteiger partial charge in [0.1, 0.15) is 0 Å². The maximum atomic E-state index is 2.44. The topological polar surface area (TPSA) is 0 Å². The van der Waals surface area contributed by atoms with Crippen molar-refractivity contribution < 1.29 is 0 Å². The van der Waals surface area contributed by atoms with Crippen LogP contribution in [0.15, 0.2) is 176 Å². The fraction of sp³-hybridized carbons (Fsp3) is 0.0800. The third-order valence-electron chi connectivity index (χ3n) is 10.4. The quantitative estimate of drug-likeness (QED) is 0.168. The molecule has 0 spiro atoms. The van der Waals surface area contributed by atoms with Crippen LogP contribution in [0.5, 0.6) is 0 Å². The van der Waals surface area contributed by atoms with Crippen molar-refractivity contribution in [2.75, 3.05) is 0 Å². The van der Waals surface area contributed by atoms with Crippen molar-refractivity contribution >= 4 is 43.1 Å². The molecule has 0 fully saturated rings. The molecule has 0 nitrogen and oxygen atoms in total. The summed E-state index contributed by atoms with van der Waals surface area (Å²) >= 11 is 0. The highest BCUT2D eigenvalue weighted by Gasteiger charge is 2.21. The van der Waals surface area contributed by atoms with Gasteiger partial charge in [-0.05, 0) is 123 Å². The molecule has 0 aromatic heterocycles. The Morgan fingerprint density at radius 2 is 0.800 bits per heavy atom. The molecule has 0 saturated carbocycles. The molecule has 0 N–H and O–H groups in total. The van der Waals surface area contributed by atoms with Crippen molar-refractivity contribution in [3.63, 3.8) is 0 Å². The van der Waals surface area contributed by atoms with Crippen LogP contribution < -0.4 is 0 Å². The Hall–Kier alpha value is -5.98. The molecule has 0 unspecified atom stereocenters. The van der Waals surface area contributed by atoms with Gasteiger partial charge in [0.05, 0.1) is 0 Å². The average molecular weight is 639 g/mol. The summed E-state index contributed by atoms with van der Waals surface area (Å²) in [5, 5.41) is 10.1. The molecule has 0 heteroatoms. The van der Waals surface area contributed by atoms with Crippen molar-refractivity contribution in [3.8, 4) is 44.5 Å². The second-order valence-corrected chi connectivity index (χ2v) is 14.6. The Bertz CT molecular complexity index is 2710. The fourth-order valence-electron chi connectivity index (χ4n) is 7.77. The number of benzene rings is 9. The fourth-order valence-corrected chi connectivity index (χ4v) is 7.77. The molecule has 0 saturated heterocycles. The molecule has 50 heavy (non-hydrogen) atoms. The van der Waals surface area contributed by atoms with E-state index in [9.17, 15) is 0 Å². The molecule has 238 valence electrons. The third-order valence-corrected chi connectivity index (χ3v) is 10.4. The van der Waals surface area contributed by atoms with Crippen LogP contribution in [-0.4, -0.2) is 0 Å². The highest BCUT2D eigenvalue weighted by atomic mass is 14.2. The van der Waals surface area contributed by atoms with Gasteiger partial charge in [0.25, 0.3) is 0 Å². The first-order valence-corrected chi connectivity index (χ1v) is 17.6. The van der Waals surface area contributed by atoms with E-state index in [1.807, 2.05) is 0 Å². The van der Waals surface area contributed by atoms with Crippen molar-refractivity contribution in [1.82, 2.24) is 0 Å². The maximum absolute atomic E-state index is 2.44. The van der Waals surface area contributed by atoms with Gasteiger partial charge >= 0.3 is 0 Å². The third kappa shape index (κ3) is 5.16. The van der Waals surface area contributed by atoms with E-state index in [0.717, 1.165) is 0 Å². The van der Waals surface area contributed by atoms with Crippen LogP contribution >= 0.6 is 0 Å². The van der Waals surface area contributed by atoms with Gasteiger partial charge in [-0.3, -0.25) is 0 Å². The molecule has 0 aliphatic carbocycles. The zero-order valence-corrected chi connectivity index (χ0v) is 28.7. The number of fused-ring (bicyclic) bond motifs is 4. The highest BCUT2D eigenvalue weighted by molar-refractivity contribution is 6.23. The van der Waals surface area contributed by atoms with E-state index in [1.54, 1.807) is 0 Å². The number of rotatable bonds is 4. The lowest BCUT2D eigenvalue weighted by Crippen LogP contribution is -2.10. The molecule has 0 amide bonds. The zero-order chi connectivity index (χ0) is 33.8. The van der Waals surface area contributed by atoms with Gasteiger partial charge in [0.2, 0.25) is 0 Å². The molecule has 9 aromatic carbocycles. The zero-order valence-electron chi connectivity index (χ0n) is 28.7. The van der Waals surface area contributed by atoms with E-state index in [0.29, 0.717) is 0 Å². The van der Waals surface area contributed by atoms with Crippen LogP contribution in [0.25, 0.3) is 87.6 Å². The van der Waals surface area contributed by atoms with Crippen molar-refractivity contribution in [3.05, 3.63) is 181 Å². The second-order valence-electron chi connectivity index (χ2n) is 14.6. The molecule has 0 heterocycles. The lowest BCUT2D eigenvalue weighted by Gasteiger charge is -2.22. The predicted molar refractivity (Wildman–Crippen MR) is 217 cm³/mol. The van der Waals surface area contributed by atoms with Crippen LogP contribution in [0.1, 0.15) is 26.3 Å². The molecule has 0 radical (unpaired) electrons. The smallest absolute Gasteiger partial charge is 0.00197 e. The first kappa shape index (κ1) is 30.1. The van der Waals surface area contributed by atoms with Crippen LogP contribution in [0.4, 0.5) is 0 Å². The highest BCUT2D eigenvalue weighted by Crippen LogP contribution is 2.48. The molecule has 0 atom stereocenters. The molecular weight excluding hydrogens is 601 g/mol. The van der Waals surface area contributed by atoms with E-state index >= 15 is 0 Å². The van der Waals surface area contributed by atoms with Crippen molar-refractivity contribution in [1.29, 1.82) is 0 Å². The largest absolute Gasteiger partial charge is 0.0622 e. The number of hydrogen-bond acceptors (Lipinski definition) is 0. The van der Waals surface area contributed by atoms with Gasteiger partial charge in [0, 0.05) is 0 Å². The summed E-state index contributed by atoms with van der Waals surface area (Å²) in [5.74, 6) is 0. The average Bonchev–Trinajstić information content (AvgIpc) is 3.16. The normalized spacial score (nSPS) is 11.9. The van der Waals surface area contributed by atoms with E-state index in [1.165, 1.54) is 93.2 Å². The van der Waals surface area contributed by atoms with E-state index in [-0.39, 0.29) is 5.41 Å². The minimum atomic E-state index is 0.0885. The van der Waals surface area contributed by atoms with Gasteiger partial charge in [-0.25, -0.2) is 0 Å². The summed E-state index contributed by atoms with van der Waals surface area (Å²) in [6.07, 6.45) is 0. The summed E-state index contributed by atoms with van der Waals surface area (Å²) < 4.78 is 0. The SMILES string of the molecule is CC(C)(C)c1ccc(-c2c3ccccc3c(-c3cc4ccccc4cc3-c3ccccc3)c3cc(-c4ccc5ccccc5c4)ccc23)cc1. The summed E-state index contributed by atoms with van der Waals surface area (Å²) in [6.45, 7) is 6.84. The summed E-state index contributed by atoms with van der Waals surface area (Å²) in [7, 11) is 0. The Labute approximate surface area is 294 Å². The molecule has 0 aliphatic rings. The Morgan fingerprint density at radius 3 is 1.48 bits per heavy atom. The van der Waals surface area contributed by atoms with Gasteiger partial charge in [-0.1, -0.05) is 172 Å². The standard InChI is InChI=1S/C50H38/c1-50(2,3)41-26-23-35(24-27-41)48-42-19-11-12-20-43(42)49(47-31-38-18-10-9-17-37(38)30-45(47)34-14-5-4-6-15-34)46-32-40(25-28-44(46)48)39-22-21-33-13-7-8-16-36(33)29-39/h4-32H,1-3H3. The minimum absolute atomic E-state index is 0.0885. The van der Waals surface area contributed by atoms with Crippen LogP contribution in [0.3, 0.4) is 0 Å².